The van der Waals surface area contributed by atoms with Crippen LogP contribution < -0.4 is 10.1 Å². The summed E-state index contributed by atoms with van der Waals surface area (Å²) in [6.07, 6.45) is 0. The number of nitrogens with zero attached hydrogens (tertiary/aromatic N) is 2. The van der Waals surface area contributed by atoms with E-state index >= 15 is 0 Å². The average molecular weight is 404 g/mol. The molecule has 0 atom stereocenters. The Kier molecular flexibility index (Phi) is 6.04. The number of halogens is 2. The molecule has 140 valence electrons. The molecule has 0 aliphatic heterocycles. The summed E-state index contributed by atoms with van der Waals surface area (Å²) < 4.78 is 7.30. The van der Waals surface area contributed by atoms with Crippen LogP contribution in [0.5, 0.6) is 5.75 Å². The standard InChI is InChI=1S/C20H19Cl2N3O2/c1-13-20(23-19(26)12-27-17-9-7-16(21)8-10-17)14(2)25(24-13)11-15-5-3-4-6-18(15)22/h3-10H,11-12H2,1-2H3,(H,23,26). The number of carbonyl (C=O) groups is 1. The highest BCUT2D eigenvalue weighted by atomic mass is 35.5. The zero-order valence-electron chi connectivity index (χ0n) is 15.0. The fourth-order valence-electron chi connectivity index (χ4n) is 2.67. The minimum Gasteiger partial charge on any atom is -0.484 e. The van der Waals surface area contributed by atoms with Crippen molar-refractivity contribution in [3.05, 3.63) is 75.5 Å². The van der Waals surface area contributed by atoms with Crippen LogP contribution in [0.15, 0.2) is 48.5 Å². The van der Waals surface area contributed by atoms with Gasteiger partial charge < -0.3 is 10.1 Å². The van der Waals surface area contributed by atoms with E-state index in [1.807, 2.05) is 42.8 Å². The number of ether oxygens (including phenoxy) is 1. The minimum absolute atomic E-state index is 0.101. The normalized spacial score (nSPS) is 10.7. The summed E-state index contributed by atoms with van der Waals surface area (Å²) >= 11 is 12.1. The molecule has 1 heterocycles. The Labute approximate surface area is 167 Å². The molecule has 0 aliphatic carbocycles. The lowest BCUT2D eigenvalue weighted by atomic mass is 10.2. The molecule has 0 aliphatic rings. The van der Waals surface area contributed by atoms with Gasteiger partial charge in [0.1, 0.15) is 5.75 Å². The van der Waals surface area contributed by atoms with Crippen LogP contribution in [-0.4, -0.2) is 22.3 Å². The molecule has 1 aromatic heterocycles. The van der Waals surface area contributed by atoms with Crippen molar-refractivity contribution in [3.8, 4) is 5.75 Å². The Bertz CT molecular complexity index is 952. The number of amides is 1. The maximum atomic E-state index is 12.3. The van der Waals surface area contributed by atoms with Crippen LogP contribution in [0, 0.1) is 13.8 Å². The predicted octanol–water partition coefficient (Wildman–Crippen LogP) is 4.87. The van der Waals surface area contributed by atoms with Crippen molar-refractivity contribution in [3.63, 3.8) is 0 Å². The van der Waals surface area contributed by atoms with Gasteiger partial charge in [-0.2, -0.15) is 5.10 Å². The van der Waals surface area contributed by atoms with Gasteiger partial charge in [-0.15, -0.1) is 0 Å². The van der Waals surface area contributed by atoms with Crippen molar-refractivity contribution < 1.29 is 9.53 Å². The maximum Gasteiger partial charge on any atom is 0.262 e. The number of hydrogen-bond acceptors (Lipinski definition) is 3. The zero-order chi connectivity index (χ0) is 19.4. The highest BCUT2D eigenvalue weighted by Crippen LogP contribution is 2.23. The lowest BCUT2D eigenvalue weighted by Gasteiger charge is -2.09. The van der Waals surface area contributed by atoms with Gasteiger partial charge in [0.15, 0.2) is 6.61 Å². The number of carbonyl (C=O) groups excluding carboxylic acids is 1. The number of anilines is 1. The Morgan fingerprint density at radius 1 is 1.11 bits per heavy atom. The second-order valence-electron chi connectivity index (χ2n) is 6.09. The molecule has 27 heavy (non-hydrogen) atoms. The molecule has 1 N–H and O–H groups in total. The monoisotopic (exact) mass is 403 g/mol. The van der Waals surface area contributed by atoms with Crippen LogP contribution in [-0.2, 0) is 11.3 Å². The van der Waals surface area contributed by atoms with Crippen molar-refractivity contribution in [2.24, 2.45) is 0 Å². The van der Waals surface area contributed by atoms with Crippen LogP contribution in [0.3, 0.4) is 0 Å². The molecule has 0 unspecified atom stereocenters. The third-order valence-electron chi connectivity index (χ3n) is 4.11. The lowest BCUT2D eigenvalue weighted by Crippen LogP contribution is -2.21. The molecule has 0 fully saturated rings. The van der Waals surface area contributed by atoms with Crippen LogP contribution in [0.25, 0.3) is 0 Å². The highest BCUT2D eigenvalue weighted by Gasteiger charge is 2.15. The zero-order valence-corrected chi connectivity index (χ0v) is 16.5. The number of nitrogens with one attached hydrogen (secondary N) is 1. The summed E-state index contributed by atoms with van der Waals surface area (Å²) in [5.74, 6) is 0.325. The Balaban J connectivity index is 1.66. The van der Waals surface area contributed by atoms with E-state index in [4.69, 9.17) is 27.9 Å². The van der Waals surface area contributed by atoms with Gasteiger partial charge in [0.25, 0.3) is 5.91 Å². The largest absolute Gasteiger partial charge is 0.484 e. The van der Waals surface area contributed by atoms with Crippen molar-refractivity contribution in [2.45, 2.75) is 20.4 Å². The van der Waals surface area contributed by atoms with Gasteiger partial charge in [-0.25, -0.2) is 0 Å². The highest BCUT2D eigenvalue weighted by molar-refractivity contribution is 6.31. The maximum absolute atomic E-state index is 12.3. The topological polar surface area (TPSA) is 56.2 Å². The van der Waals surface area contributed by atoms with Gasteiger partial charge in [-0.3, -0.25) is 9.48 Å². The molecule has 3 rings (SSSR count). The smallest absolute Gasteiger partial charge is 0.262 e. The van der Waals surface area contributed by atoms with Crippen molar-refractivity contribution >= 4 is 34.8 Å². The molecule has 1 amide bonds. The molecule has 3 aromatic rings. The Morgan fingerprint density at radius 2 is 1.81 bits per heavy atom. The number of rotatable bonds is 6. The first-order valence-electron chi connectivity index (χ1n) is 8.39. The van der Waals surface area contributed by atoms with E-state index in [-0.39, 0.29) is 12.5 Å². The molecule has 5 nitrogen and oxygen atoms in total. The quantitative estimate of drug-likeness (QED) is 0.638. The van der Waals surface area contributed by atoms with Crippen molar-refractivity contribution in [1.29, 1.82) is 0 Å². The first kappa shape index (κ1) is 19.3. The van der Waals surface area contributed by atoms with E-state index in [0.29, 0.717) is 28.0 Å². The minimum atomic E-state index is -0.256. The van der Waals surface area contributed by atoms with E-state index in [1.54, 1.807) is 24.3 Å². The summed E-state index contributed by atoms with van der Waals surface area (Å²) in [5, 5.41) is 8.69. The van der Waals surface area contributed by atoms with Gasteiger partial charge in [0, 0.05) is 10.0 Å². The van der Waals surface area contributed by atoms with Crippen molar-refractivity contribution in [1.82, 2.24) is 9.78 Å². The molecule has 0 spiro atoms. The molecule has 0 saturated heterocycles. The van der Waals surface area contributed by atoms with E-state index in [1.165, 1.54) is 0 Å². The Hall–Kier alpha value is -2.50. The fraction of sp³-hybridized carbons (Fsp3) is 0.200. The summed E-state index contributed by atoms with van der Waals surface area (Å²) in [4.78, 5) is 12.3. The number of hydrogen-bond donors (Lipinski definition) is 1. The number of benzene rings is 2. The lowest BCUT2D eigenvalue weighted by molar-refractivity contribution is -0.118. The summed E-state index contributed by atoms with van der Waals surface area (Å²) in [5.41, 5.74) is 3.24. The van der Waals surface area contributed by atoms with Crippen LogP contribution >= 0.6 is 23.2 Å². The first-order chi connectivity index (χ1) is 12.9. The molecule has 0 bridgehead atoms. The van der Waals surface area contributed by atoms with E-state index < -0.39 is 0 Å². The first-order valence-corrected chi connectivity index (χ1v) is 9.15. The van der Waals surface area contributed by atoms with Gasteiger partial charge in [0.2, 0.25) is 0 Å². The molecule has 7 heteroatoms. The number of aromatic nitrogens is 2. The van der Waals surface area contributed by atoms with Gasteiger partial charge >= 0.3 is 0 Å². The SMILES string of the molecule is Cc1nn(Cc2ccccc2Cl)c(C)c1NC(=O)COc1ccc(Cl)cc1. The van der Waals surface area contributed by atoms with Crippen LogP contribution in [0.4, 0.5) is 5.69 Å². The second-order valence-corrected chi connectivity index (χ2v) is 6.93. The summed E-state index contributed by atoms with van der Waals surface area (Å²) in [6, 6.07) is 14.5. The second kappa shape index (κ2) is 8.46. The molecule has 0 radical (unpaired) electrons. The van der Waals surface area contributed by atoms with Crippen molar-refractivity contribution in [2.75, 3.05) is 11.9 Å². The molecular formula is C20H19Cl2N3O2. The van der Waals surface area contributed by atoms with Gasteiger partial charge in [0.05, 0.1) is 23.6 Å². The van der Waals surface area contributed by atoms with E-state index in [9.17, 15) is 4.79 Å². The van der Waals surface area contributed by atoms with E-state index in [2.05, 4.69) is 10.4 Å². The molecule has 2 aromatic carbocycles. The molecular weight excluding hydrogens is 385 g/mol. The summed E-state index contributed by atoms with van der Waals surface area (Å²) in [7, 11) is 0. The third kappa shape index (κ3) is 4.81. The fourth-order valence-corrected chi connectivity index (χ4v) is 3.00. The van der Waals surface area contributed by atoms with Crippen LogP contribution in [0.2, 0.25) is 10.0 Å². The van der Waals surface area contributed by atoms with E-state index in [0.717, 1.165) is 17.0 Å². The van der Waals surface area contributed by atoms with Crippen LogP contribution in [0.1, 0.15) is 17.0 Å². The summed E-state index contributed by atoms with van der Waals surface area (Å²) in [6.45, 7) is 4.19. The Morgan fingerprint density at radius 3 is 2.52 bits per heavy atom. The third-order valence-corrected chi connectivity index (χ3v) is 4.73. The average Bonchev–Trinajstić information content (AvgIpc) is 2.90. The van der Waals surface area contributed by atoms with Gasteiger partial charge in [-0.1, -0.05) is 41.4 Å². The van der Waals surface area contributed by atoms with Gasteiger partial charge in [-0.05, 0) is 49.7 Å². The number of aryl methyl sites for hydroxylation is 1. The molecule has 0 saturated carbocycles. The predicted molar refractivity (Wildman–Crippen MR) is 108 cm³/mol.